The van der Waals surface area contributed by atoms with Crippen LogP contribution in [0, 0.1) is 6.92 Å². The van der Waals surface area contributed by atoms with Gasteiger partial charge in [-0.3, -0.25) is 0 Å². The van der Waals surface area contributed by atoms with Crippen molar-refractivity contribution in [2.75, 3.05) is 0 Å². The van der Waals surface area contributed by atoms with Gasteiger partial charge >= 0.3 is 0 Å². The average molecular weight is 277 g/mol. The number of aryl methyl sites for hydroxylation is 1. The van der Waals surface area contributed by atoms with Crippen LogP contribution in [0.3, 0.4) is 0 Å². The maximum atomic E-state index is 9.86. The van der Waals surface area contributed by atoms with Crippen LogP contribution in [0.15, 0.2) is 60.7 Å². The fourth-order valence-electron chi connectivity index (χ4n) is 2.63. The highest BCUT2D eigenvalue weighted by molar-refractivity contribution is 5.85. The molecule has 0 aliphatic carbocycles. The van der Waals surface area contributed by atoms with Crippen molar-refractivity contribution in [3.8, 4) is 5.75 Å². The Hall–Kier alpha value is -2.32. The summed E-state index contributed by atoms with van der Waals surface area (Å²) in [5, 5.41) is 15.8. The smallest absolute Gasteiger partial charge is 0.120 e. The largest absolute Gasteiger partial charge is 0.508 e. The van der Waals surface area contributed by atoms with Crippen molar-refractivity contribution >= 4 is 10.8 Å². The molecule has 2 nitrogen and oxygen atoms in total. The molecule has 0 amide bonds. The zero-order valence-electron chi connectivity index (χ0n) is 12.1. The summed E-state index contributed by atoms with van der Waals surface area (Å²) in [5.74, 6) is 0.353. The van der Waals surface area contributed by atoms with Crippen molar-refractivity contribution in [3.63, 3.8) is 0 Å². The van der Waals surface area contributed by atoms with Gasteiger partial charge in [-0.25, -0.2) is 0 Å². The number of aromatic hydroxyl groups is 1. The summed E-state index contributed by atoms with van der Waals surface area (Å²) in [5.41, 5.74) is 3.38. The Morgan fingerprint density at radius 1 is 0.857 bits per heavy atom. The van der Waals surface area contributed by atoms with E-state index in [-0.39, 0.29) is 0 Å². The molecule has 21 heavy (non-hydrogen) atoms. The molecule has 0 aromatic heterocycles. The number of fused-ring (bicyclic) bond motifs is 1. The van der Waals surface area contributed by atoms with E-state index in [9.17, 15) is 5.11 Å². The number of phenolic OH excluding ortho intramolecular Hbond substituents is 1. The molecule has 0 saturated heterocycles. The highest BCUT2D eigenvalue weighted by atomic mass is 16.3. The second-order valence-corrected chi connectivity index (χ2v) is 5.37. The standard InChI is InChI=1S/C19H19NO/c1-14-9-10-19(21)17(11-14)13-20-12-16-7-4-6-15-5-2-3-8-18(15)16/h2-11,20-21H,12-13H2,1H3. The lowest BCUT2D eigenvalue weighted by molar-refractivity contribution is 0.464. The van der Waals surface area contributed by atoms with Crippen molar-refractivity contribution < 1.29 is 5.11 Å². The van der Waals surface area contributed by atoms with Gasteiger partial charge in [0.05, 0.1) is 0 Å². The predicted octanol–water partition coefficient (Wildman–Crippen LogP) is 4.14. The van der Waals surface area contributed by atoms with Crippen molar-refractivity contribution in [2.24, 2.45) is 0 Å². The molecular weight excluding hydrogens is 258 g/mol. The van der Waals surface area contributed by atoms with Crippen molar-refractivity contribution in [1.82, 2.24) is 5.32 Å². The molecule has 106 valence electrons. The fraction of sp³-hybridized carbons (Fsp3) is 0.158. The van der Waals surface area contributed by atoms with Crippen LogP contribution in [0.5, 0.6) is 5.75 Å². The van der Waals surface area contributed by atoms with Crippen LogP contribution in [-0.2, 0) is 13.1 Å². The summed E-state index contributed by atoms with van der Waals surface area (Å²) in [6.45, 7) is 3.49. The molecule has 2 N–H and O–H groups in total. The zero-order chi connectivity index (χ0) is 14.7. The van der Waals surface area contributed by atoms with Crippen LogP contribution in [0.4, 0.5) is 0 Å². The summed E-state index contributed by atoms with van der Waals surface area (Å²) in [4.78, 5) is 0. The summed E-state index contributed by atoms with van der Waals surface area (Å²) < 4.78 is 0. The van der Waals surface area contributed by atoms with E-state index in [0.29, 0.717) is 12.3 Å². The highest BCUT2D eigenvalue weighted by Crippen LogP contribution is 2.20. The first kappa shape index (κ1) is 13.7. The van der Waals surface area contributed by atoms with Gasteiger partial charge in [-0.15, -0.1) is 0 Å². The Balaban J connectivity index is 1.74. The Kier molecular flexibility index (Phi) is 3.89. The van der Waals surface area contributed by atoms with Gasteiger partial charge in [0.2, 0.25) is 0 Å². The van der Waals surface area contributed by atoms with Gasteiger partial charge in [-0.05, 0) is 29.3 Å². The van der Waals surface area contributed by atoms with E-state index < -0.39 is 0 Å². The Morgan fingerprint density at radius 3 is 2.52 bits per heavy atom. The molecule has 0 fully saturated rings. The number of rotatable bonds is 4. The normalized spacial score (nSPS) is 10.9. The summed E-state index contributed by atoms with van der Waals surface area (Å²) >= 11 is 0. The number of nitrogens with one attached hydrogen (secondary N) is 1. The predicted molar refractivity (Wildman–Crippen MR) is 87.3 cm³/mol. The minimum Gasteiger partial charge on any atom is -0.508 e. The quantitative estimate of drug-likeness (QED) is 0.751. The molecule has 0 atom stereocenters. The second kappa shape index (κ2) is 5.98. The van der Waals surface area contributed by atoms with Gasteiger partial charge in [-0.2, -0.15) is 0 Å². The first-order valence-electron chi connectivity index (χ1n) is 7.20. The van der Waals surface area contributed by atoms with Gasteiger partial charge in [0.15, 0.2) is 0 Å². The van der Waals surface area contributed by atoms with Crippen LogP contribution < -0.4 is 5.32 Å². The maximum Gasteiger partial charge on any atom is 0.120 e. The molecule has 0 spiro atoms. The SMILES string of the molecule is Cc1ccc(O)c(CNCc2cccc3ccccc23)c1. The van der Waals surface area contributed by atoms with Crippen LogP contribution in [0.25, 0.3) is 10.8 Å². The Labute approximate surface area is 125 Å². The van der Waals surface area contributed by atoms with Crippen molar-refractivity contribution in [2.45, 2.75) is 20.0 Å². The molecule has 0 radical (unpaired) electrons. The summed E-state index contributed by atoms with van der Waals surface area (Å²) in [6, 6.07) is 20.5. The topological polar surface area (TPSA) is 32.3 Å². The lowest BCUT2D eigenvalue weighted by Crippen LogP contribution is -2.13. The number of phenols is 1. The molecule has 0 saturated carbocycles. The number of benzene rings is 3. The van der Waals surface area contributed by atoms with Gasteiger partial charge in [0.25, 0.3) is 0 Å². The van der Waals surface area contributed by atoms with Crippen LogP contribution >= 0.6 is 0 Å². The molecule has 0 bridgehead atoms. The zero-order valence-corrected chi connectivity index (χ0v) is 12.1. The Bertz CT molecular complexity index is 759. The van der Waals surface area contributed by atoms with Gasteiger partial charge in [0.1, 0.15) is 5.75 Å². The molecule has 3 aromatic carbocycles. The highest BCUT2D eigenvalue weighted by Gasteiger charge is 2.03. The third-order valence-corrected chi connectivity index (χ3v) is 3.75. The summed E-state index contributed by atoms with van der Waals surface area (Å²) in [6.07, 6.45) is 0. The molecular formula is C19H19NO. The number of hydrogen-bond acceptors (Lipinski definition) is 2. The first-order chi connectivity index (χ1) is 10.2. The minimum atomic E-state index is 0.353. The lowest BCUT2D eigenvalue weighted by atomic mass is 10.0. The molecule has 0 aliphatic heterocycles. The van der Waals surface area contributed by atoms with E-state index in [4.69, 9.17) is 0 Å². The molecule has 3 aromatic rings. The molecule has 0 aliphatic rings. The molecule has 2 heteroatoms. The Morgan fingerprint density at radius 2 is 1.62 bits per heavy atom. The average Bonchev–Trinajstić information content (AvgIpc) is 2.51. The van der Waals surface area contributed by atoms with Gasteiger partial charge in [0, 0.05) is 18.7 Å². The van der Waals surface area contributed by atoms with Gasteiger partial charge < -0.3 is 10.4 Å². The monoisotopic (exact) mass is 277 g/mol. The minimum absolute atomic E-state index is 0.353. The van der Waals surface area contributed by atoms with Crippen LogP contribution in [-0.4, -0.2) is 5.11 Å². The fourth-order valence-corrected chi connectivity index (χ4v) is 2.63. The van der Waals surface area contributed by atoms with E-state index in [1.165, 1.54) is 16.3 Å². The molecule has 3 rings (SSSR count). The van der Waals surface area contributed by atoms with Crippen molar-refractivity contribution in [3.05, 3.63) is 77.4 Å². The van der Waals surface area contributed by atoms with E-state index in [2.05, 4.69) is 47.8 Å². The van der Waals surface area contributed by atoms with Crippen LogP contribution in [0.1, 0.15) is 16.7 Å². The van der Waals surface area contributed by atoms with E-state index in [1.54, 1.807) is 6.07 Å². The molecule has 0 heterocycles. The molecule has 0 unspecified atom stereocenters. The third kappa shape index (κ3) is 3.06. The third-order valence-electron chi connectivity index (χ3n) is 3.75. The first-order valence-corrected chi connectivity index (χ1v) is 7.20. The van der Waals surface area contributed by atoms with Crippen LogP contribution in [0.2, 0.25) is 0 Å². The van der Waals surface area contributed by atoms with E-state index >= 15 is 0 Å². The second-order valence-electron chi connectivity index (χ2n) is 5.37. The maximum absolute atomic E-state index is 9.86. The van der Waals surface area contributed by atoms with Crippen molar-refractivity contribution in [1.29, 1.82) is 0 Å². The summed E-state index contributed by atoms with van der Waals surface area (Å²) in [7, 11) is 0. The van der Waals surface area contributed by atoms with Gasteiger partial charge in [-0.1, -0.05) is 60.2 Å². The number of hydrogen-bond donors (Lipinski definition) is 2. The van der Waals surface area contributed by atoms with E-state index in [1.807, 2.05) is 19.1 Å². The lowest BCUT2D eigenvalue weighted by Gasteiger charge is -2.10. The van der Waals surface area contributed by atoms with E-state index in [0.717, 1.165) is 17.7 Å².